The standard InChI is InChI=1S/C14H19N3O2/c1-11(15)12-3-4-13(14(9-12)18-2)19-8-7-17-6-5-16-10-17/h3-6,9-11H,7-8,15H2,1-2H3. The van der Waals surface area contributed by atoms with Crippen molar-refractivity contribution in [1.29, 1.82) is 0 Å². The van der Waals surface area contributed by atoms with Crippen LogP contribution in [-0.4, -0.2) is 23.3 Å². The fraction of sp³-hybridized carbons (Fsp3) is 0.357. The predicted molar refractivity (Wildman–Crippen MR) is 73.3 cm³/mol. The maximum atomic E-state index is 5.85. The molecular weight excluding hydrogens is 242 g/mol. The zero-order valence-electron chi connectivity index (χ0n) is 11.2. The van der Waals surface area contributed by atoms with Gasteiger partial charge in [-0.1, -0.05) is 6.07 Å². The van der Waals surface area contributed by atoms with Crippen molar-refractivity contribution in [3.63, 3.8) is 0 Å². The van der Waals surface area contributed by atoms with Gasteiger partial charge in [0.05, 0.1) is 20.0 Å². The summed E-state index contributed by atoms with van der Waals surface area (Å²) < 4.78 is 13.0. The lowest BCUT2D eigenvalue weighted by molar-refractivity contribution is 0.279. The van der Waals surface area contributed by atoms with E-state index >= 15 is 0 Å². The number of benzene rings is 1. The molecule has 5 heteroatoms. The van der Waals surface area contributed by atoms with Gasteiger partial charge in [0.25, 0.3) is 0 Å². The Balaban J connectivity index is 1.99. The predicted octanol–water partition coefficient (Wildman–Crippen LogP) is 1.99. The lowest BCUT2D eigenvalue weighted by atomic mass is 10.1. The van der Waals surface area contributed by atoms with Crippen LogP contribution < -0.4 is 15.2 Å². The molecule has 2 aromatic rings. The normalized spacial score (nSPS) is 12.2. The Morgan fingerprint density at radius 1 is 1.37 bits per heavy atom. The van der Waals surface area contributed by atoms with E-state index in [0.29, 0.717) is 12.4 Å². The minimum Gasteiger partial charge on any atom is -0.493 e. The Morgan fingerprint density at radius 3 is 2.84 bits per heavy atom. The number of nitrogens with zero attached hydrogens (tertiary/aromatic N) is 2. The van der Waals surface area contributed by atoms with Crippen LogP contribution in [-0.2, 0) is 6.54 Å². The van der Waals surface area contributed by atoms with Gasteiger partial charge < -0.3 is 19.8 Å². The summed E-state index contributed by atoms with van der Waals surface area (Å²) in [6.45, 7) is 3.25. The van der Waals surface area contributed by atoms with Crippen molar-refractivity contribution < 1.29 is 9.47 Å². The van der Waals surface area contributed by atoms with Gasteiger partial charge in [0.1, 0.15) is 6.61 Å². The fourth-order valence-corrected chi connectivity index (χ4v) is 1.77. The molecule has 5 nitrogen and oxygen atoms in total. The highest BCUT2D eigenvalue weighted by Gasteiger charge is 2.08. The molecule has 0 saturated carbocycles. The van der Waals surface area contributed by atoms with E-state index in [0.717, 1.165) is 17.9 Å². The van der Waals surface area contributed by atoms with Crippen molar-refractivity contribution in [2.45, 2.75) is 19.5 Å². The van der Waals surface area contributed by atoms with Crippen LogP contribution in [0.1, 0.15) is 18.5 Å². The van der Waals surface area contributed by atoms with Crippen LogP contribution in [0.25, 0.3) is 0 Å². The van der Waals surface area contributed by atoms with E-state index in [2.05, 4.69) is 4.98 Å². The Kier molecular flexibility index (Phi) is 4.41. The molecule has 0 aliphatic rings. The van der Waals surface area contributed by atoms with Gasteiger partial charge in [-0.2, -0.15) is 0 Å². The maximum absolute atomic E-state index is 5.85. The van der Waals surface area contributed by atoms with Gasteiger partial charge in [0, 0.05) is 18.4 Å². The highest BCUT2D eigenvalue weighted by atomic mass is 16.5. The molecule has 0 aliphatic heterocycles. The number of hydrogen-bond donors (Lipinski definition) is 1. The van der Waals surface area contributed by atoms with Gasteiger partial charge in [-0.25, -0.2) is 4.98 Å². The summed E-state index contributed by atoms with van der Waals surface area (Å²) in [5.74, 6) is 1.44. The minimum atomic E-state index is -0.0195. The average Bonchev–Trinajstić information content (AvgIpc) is 2.92. The van der Waals surface area contributed by atoms with Crippen LogP contribution in [0, 0.1) is 0 Å². The van der Waals surface area contributed by atoms with Crippen LogP contribution in [0.15, 0.2) is 36.9 Å². The highest BCUT2D eigenvalue weighted by molar-refractivity contribution is 5.43. The third kappa shape index (κ3) is 3.48. The molecule has 1 atom stereocenters. The summed E-state index contributed by atoms with van der Waals surface area (Å²) in [5.41, 5.74) is 6.87. The first-order valence-corrected chi connectivity index (χ1v) is 6.22. The number of hydrogen-bond acceptors (Lipinski definition) is 4. The van der Waals surface area contributed by atoms with E-state index in [-0.39, 0.29) is 6.04 Å². The first-order valence-electron chi connectivity index (χ1n) is 6.22. The molecule has 102 valence electrons. The summed E-state index contributed by atoms with van der Waals surface area (Å²) in [6, 6.07) is 5.75. The molecule has 0 radical (unpaired) electrons. The molecule has 0 saturated heterocycles. The van der Waals surface area contributed by atoms with Crippen molar-refractivity contribution in [3.8, 4) is 11.5 Å². The Bertz CT molecular complexity index is 509. The third-order valence-electron chi connectivity index (χ3n) is 2.88. The molecule has 19 heavy (non-hydrogen) atoms. The van der Waals surface area contributed by atoms with Crippen LogP contribution in [0.2, 0.25) is 0 Å². The van der Waals surface area contributed by atoms with Gasteiger partial charge in [-0.3, -0.25) is 0 Å². The molecule has 0 fully saturated rings. The summed E-state index contributed by atoms with van der Waals surface area (Å²) in [7, 11) is 1.63. The smallest absolute Gasteiger partial charge is 0.161 e. The zero-order chi connectivity index (χ0) is 13.7. The number of imidazole rings is 1. The summed E-state index contributed by atoms with van der Waals surface area (Å²) in [4.78, 5) is 3.98. The van der Waals surface area contributed by atoms with Gasteiger partial charge in [0.2, 0.25) is 0 Å². The summed E-state index contributed by atoms with van der Waals surface area (Å²) in [6.07, 6.45) is 5.41. The largest absolute Gasteiger partial charge is 0.493 e. The Hall–Kier alpha value is -2.01. The molecule has 1 heterocycles. The lowest BCUT2D eigenvalue weighted by Gasteiger charge is -2.13. The van der Waals surface area contributed by atoms with Crippen molar-refractivity contribution in [3.05, 3.63) is 42.5 Å². The lowest BCUT2D eigenvalue weighted by Crippen LogP contribution is -2.08. The first kappa shape index (κ1) is 13.4. The molecule has 0 spiro atoms. The van der Waals surface area contributed by atoms with E-state index in [9.17, 15) is 0 Å². The SMILES string of the molecule is COc1cc(C(C)N)ccc1OCCn1ccnc1. The molecule has 0 aliphatic carbocycles. The Labute approximate surface area is 113 Å². The van der Waals surface area contributed by atoms with Crippen molar-refractivity contribution in [2.24, 2.45) is 5.73 Å². The van der Waals surface area contributed by atoms with Crippen molar-refractivity contribution >= 4 is 0 Å². The second-order valence-corrected chi connectivity index (χ2v) is 4.35. The third-order valence-corrected chi connectivity index (χ3v) is 2.88. The van der Waals surface area contributed by atoms with Crippen LogP contribution >= 0.6 is 0 Å². The Morgan fingerprint density at radius 2 is 2.21 bits per heavy atom. The summed E-state index contributed by atoms with van der Waals surface area (Å²) in [5, 5.41) is 0. The summed E-state index contributed by atoms with van der Waals surface area (Å²) >= 11 is 0. The molecule has 2 N–H and O–H groups in total. The zero-order valence-corrected chi connectivity index (χ0v) is 11.2. The van der Waals surface area contributed by atoms with Crippen LogP contribution in [0.3, 0.4) is 0 Å². The van der Waals surface area contributed by atoms with Gasteiger partial charge in [-0.15, -0.1) is 0 Å². The average molecular weight is 261 g/mol. The van der Waals surface area contributed by atoms with E-state index in [1.165, 1.54) is 0 Å². The quantitative estimate of drug-likeness (QED) is 0.863. The van der Waals surface area contributed by atoms with E-state index < -0.39 is 0 Å². The minimum absolute atomic E-state index is 0.0195. The van der Waals surface area contributed by atoms with Gasteiger partial charge >= 0.3 is 0 Å². The molecule has 1 aromatic heterocycles. The second-order valence-electron chi connectivity index (χ2n) is 4.35. The number of ether oxygens (including phenoxy) is 2. The van der Waals surface area contributed by atoms with E-state index in [1.54, 1.807) is 19.6 Å². The monoisotopic (exact) mass is 261 g/mol. The fourth-order valence-electron chi connectivity index (χ4n) is 1.77. The number of methoxy groups -OCH3 is 1. The van der Waals surface area contributed by atoms with Crippen molar-refractivity contribution in [2.75, 3.05) is 13.7 Å². The number of rotatable bonds is 6. The molecule has 2 rings (SSSR count). The van der Waals surface area contributed by atoms with Crippen LogP contribution in [0.5, 0.6) is 11.5 Å². The molecule has 0 bridgehead atoms. The van der Waals surface area contributed by atoms with E-state index in [4.69, 9.17) is 15.2 Å². The molecule has 1 unspecified atom stereocenters. The molecule has 1 aromatic carbocycles. The maximum Gasteiger partial charge on any atom is 0.161 e. The van der Waals surface area contributed by atoms with E-state index in [1.807, 2.05) is 35.9 Å². The highest BCUT2D eigenvalue weighted by Crippen LogP contribution is 2.29. The topological polar surface area (TPSA) is 62.3 Å². The second kappa shape index (κ2) is 6.24. The molecular formula is C14H19N3O2. The van der Waals surface area contributed by atoms with Gasteiger partial charge in [0.15, 0.2) is 11.5 Å². The first-order chi connectivity index (χ1) is 9.20. The number of aromatic nitrogens is 2. The van der Waals surface area contributed by atoms with Crippen molar-refractivity contribution in [1.82, 2.24) is 9.55 Å². The van der Waals surface area contributed by atoms with Crippen LogP contribution in [0.4, 0.5) is 0 Å². The number of nitrogens with two attached hydrogens (primary N) is 1. The van der Waals surface area contributed by atoms with Gasteiger partial charge in [-0.05, 0) is 24.6 Å². The molecule has 0 amide bonds.